The summed E-state index contributed by atoms with van der Waals surface area (Å²) in [5.74, 6) is 0.787. The Morgan fingerprint density at radius 3 is 2.11 bits per heavy atom. The second-order valence-corrected chi connectivity index (χ2v) is 3.95. The summed E-state index contributed by atoms with van der Waals surface area (Å²) in [6.45, 7) is -0.139. The molecular formula is C13H17NO5. The van der Waals surface area contributed by atoms with Crippen molar-refractivity contribution in [3.05, 3.63) is 17.7 Å². The van der Waals surface area contributed by atoms with Crippen molar-refractivity contribution in [3.63, 3.8) is 0 Å². The summed E-state index contributed by atoms with van der Waals surface area (Å²) in [4.78, 5) is 23.7. The van der Waals surface area contributed by atoms with Gasteiger partial charge in [-0.05, 0) is 12.1 Å². The largest absolute Gasteiger partial charge is 0.493 e. The molecule has 0 aliphatic carbocycles. The van der Waals surface area contributed by atoms with E-state index in [0.29, 0.717) is 29.1 Å². The van der Waals surface area contributed by atoms with E-state index in [1.807, 2.05) is 0 Å². The van der Waals surface area contributed by atoms with Crippen molar-refractivity contribution < 1.29 is 23.8 Å². The number of amides is 1. The lowest BCUT2D eigenvalue weighted by atomic mass is 10.2. The van der Waals surface area contributed by atoms with Gasteiger partial charge in [0.05, 0.1) is 14.2 Å². The maximum Gasteiger partial charge on any atom is 0.259 e. The van der Waals surface area contributed by atoms with E-state index in [-0.39, 0.29) is 12.5 Å². The molecule has 0 saturated heterocycles. The smallest absolute Gasteiger partial charge is 0.259 e. The van der Waals surface area contributed by atoms with Crippen molar-refractivity contribution >= 4 is 12.2 Å². The number of hydrogen-bond acceptors (Lipinski definition) is 5. The van der Waals surface area contributed by atoms with Gasteiger partial charge in [-0.3, -0.25) is 9.59 Å². The first kappa shape index (κ1) is 14.8. The standard InChI is InChI=1S/C13H17NO5/c1-14(2)12(16)8-19-13-10(17-3)5-9(7-15)6-11(13)18-4/h5-7H,8H2,1-4H3. The fraction of sp³-hybridized carbons (Fsp3) is 0.385. The molecule has 6 nitrogen and oxygen atoms in total. The van der Waals surface area contributed by atoms with Crippen molar-refractivity contribution in [3.8, 4) is 17.2 Å². The summed E-state index contributed by atoms with van der Waals surface area (Å²) in [5.41, 5.74) is 0.403. The lowest BCUT2D eigenvalue weighted by molar-refractivity contribution is -0.130. The summed E-state index contributed by atoms with van der Waals surface area (Å²) in [6.07, 6.45) is 0.680. The normalized spacial score (nSPS) is 9.68. The van der Waals surface area contributed by atoms with Gasteiger partial charge >= 0.3 is 0 Å². The Labute approximate surface area is 111 Å². The van der Waals surface area contributed by atoms with Gasteiger partial charge in [-0.2, -0.15) is 0 Å². The molecule has 0 fully saturated rings. The van der Waals surface area contributed by atoms with E-state index < -0.39 is 0 Å². The molecule has 0 heterocycles. The van der Waals surface area contributed by atoms with E-state index in [1.165, 1.54) is 31.3 Å². The van der Waals surface area contributed by atoms with Crippen LogP contribution in [0.5, 0.6) is 17.2 Å². The average Bonchev–Trinajstić information content (AvgIpc) is 2.43. The Morgan fingerprint density at radius 2 is 1.74 bits per heavy atom. The average molecular weight is 267 g/mol. The molecule has 1 aromatic carbocycles. The Kier molecular flexibility index (Phi) is 5.17. The molecule has 0 spiro atoms. The van der Waals surface area contributed by atoms with E-state index >= 15 is 0 Å². The van der Waals surface area contributed by atoms with E-state index in [4.69, 9.17) is 14.2 Å². The summed E-state index contributed by atoms with van der Waals surface area (Å²) in [6, 6.07) is 3.04. The van der Waals surface area contributed by atoms with Crippen LogP contribution in [0.1, 0.15) is 10.4 Å². The lowest BCUT2D eigenvalue weighted by Gasteiger charge is -2.16. The fourth-order valence-corrected chi connectivity index (χ4v) is 1.37. The Morgan fingerprint density at radius 1 is 1.21 bits per heavy atom. The quantitative estimate of drug-likeness (QED) is 0.719. The molecule has 1 aromatic rings. The number of carbonyl (C=O) groups is 2. The number of methoxy groups -OCH3 is 2. The zero-order valence-electron chi connectivity index (χ0n) is 11.4. The predicted octanol–water partition coefficient (Wildman–Crippen LogP) is 0.983. The Bertz CT molecular complexity index is 445. The second kappa shape index (κ2) is 6.63. The molecule has 6 heteroatoms. The Balaban J connectivity index is 3.03. The molecule has 104 valence electrons. The third-order valence-electron chi connectivity index (χ3n) is 2.46. The van der Waals surface area contributed by atoms with Crippen LogP contribution in [0.15, 0.2) is 12.1 Å². The molecule has 0 unspecified atom stereocenters. The highest BCUT2D eigenvalue weighted by molar-refractivity contribution is 5.79. The van der Waals surface area contributed by atoms with Crippen molar-refractivity contribution in [2.75, 3.05) is 34.9 Å². The minimum Gasteiger partial charge on any atom is -0.493 e. The molecule has 0 aliphatic heterocycles. The third-order valence-corrected chi connectivity index (χ3v) is 2.46. The molecule has 0 aliphatic rings. The number of nitrogens with zero attached hydrogens (tertiary/aromatic N) is 1. The van der Waals surface area contributed by atoms with Crippen LogP contribution in [0, 0.1) is 0 Å². The van der Waals surface area contributed by atoms with Crippen LogP contribution in [0.3, 0.4) is 0 Å². The van der Waals surface area contributed by atoms with Crippen LogP contribution in [0.25, 0.3) is 0 Å². The monoisotopic (exact) mass is 267 g/mol. The van der Waals surface area contributed by atoms with Crippen LogP contribution < -0.4 is 14.2 Å². The summed E-state index contributed by atoms with van der Waals surface area (Å²) < 4.78 is 15.7. The zero-order valence-corrected chi connectivity index (χ0v) is 11.4. The number of carbonyl (C=O) groups excluding carboxylic acids is 2. The van der Waals surface area contributed by atoms with Crippen LogP contribution >= 0.6 is 0 Å². The molecule has 1 rings (SSSR count). The van der Waals surface area contributed by atoms with Crippen LogP contribution in [0.4, 0.5) is 0 Å². The SMILES string of the molecule is COc1cc(C=O)cc(OC)c1OCC(=O)N(C)C. The molecule has 0 N–H and O–H groups in total. The molecule has 0 bridgehead atoms. The maximum absolute atomic E-state index is 11.5. The molecule has 0 aromatic heterocycles. The molecular weight excluding hydrogens is 250 g/mol. The van der Waals surface area contributed by atoms with Crippen molar-refractivity contribution in [1.82, 2.24) is 4.90 Å². The van der Waals surface area contributed by atoms with Gasteiger partial charge in [-0.25, -0.2) is 0 Å². The number of aldehydes is 1. The molecule has 0 atom stereocenters. The first-order valence-electron chi connectivity index (χ1n) is 5.57. The van der Waals surface area contributed by atoms with E-state index in [9.17, 15) is 9.59 Å². The first-order chi connectivity index (χ1) is 9.03. The number of hydrogen-bond donors (Lipinski definition) is 0. The maximum atomic E-state index is 11.5. The molecule has 0 radical (unpaired) electrons. The summed E-state index contributed by atoms with van der Waals surface area (Å²) >= 11 is 0. The van der Waals surface area contributed by atoms with E-state index in [1.54, 1.807) is 14.1 Å². The van der Waals surface area contributed by atoms with Gasteiger partial charge in [-0.1, -0.05) is 0 Å². The predicted molar refractivity (Wildman–Crippen MR) is 69.1 cm³/mol. The van der Waals surface area contributed by atoms with Gasteiger partial charge in [-0.15, -0.1) is 0 Å². The van der Waals surface area contributed by atoms with E-state index in [2.05, 4.69) is 0 Å². The van der Waals surface area contributed by atoms with Crippen LogP contribution in [-0.2, 0) is 4.79 Å². The Hall–Kier alpha value is -2.24. The molecule has 0 saturated carbocycles. The van der Waals surface area contributed by atoms with Crippen molar-refractivity contribution in [1.29, 1.82) is 0 Å². The third kappa shape index (κ3) is 3.61. The van der Waals surface area contributed by atoms with Gasteiger partial charge in [0.15, 0.2) is 18.1 Å². The number of likely N-dealkylation sites (N-methyl/N-ethyl adjacent to an activating group) is 1. The highest BCUT2D eigenvalue weighted by atomic mass is 16.5. The zero-order chi connectivity index (χ0) is 14.4. The minimum atomic E-state index is -0.191. The molecule has 19 heavy (non-hydrogen) atoms. The second-order valence-electron chi connectivity index (χ2n) is 3.95. The summed E-state index contributed by atoms with van der Waals surface area (Å²) in [5, 5.41) is 0. The number of benzene rings is 1. The van der Waals surface area contributed by atoms with Gasteiger partial charge < -0.3 is 19.1 Å². The minimum absolute atomic E-state index is 0.139. The lowest BCUT2D eigenvalue weighted by Crippen LogP contribution is -2.27. The van der Waals surface area contributed by atoms with E-state index in [0.717, 1.165) is 0 Å². The van der Waals surface area contributed by atoms with Gasteiger partial charge in [0, 0.05) is 19.7 Å². The molecule has 1 amide bonds. The van der Waals surface area contributed by atoms with Crippen LogP contribution in [0.2, 0.25) is 0 Å². The van der Waals surface area contributed by atoms with Gasteiger partial charge in [0.25, 0.3) is 5.91 Å². The number of rotatable bonds is 6. The van der Waals surface area contributed by atoms with Gasteiger partial charge in [0.2, 0.25) is 5.75 Å². The summed E-state index contributed by atoms with van der Waals surface area (Å²) in [7, 11) is 6.17. The topological polar surface area (TPSA) is 65.1 Å². The van der Waals surface area contributed by atoms with Crippen LogP contribution in [-0.4, -0.2) is 52.0 Å². The van der Waals surface area contributed by atoms with Crippen molar-refractivity contribution in [2.45, 2.75) is 0 Å². The fourth-order valence-electron chi connectivity index (χ4n) is 1.37. The highest BCUT2D eigenvalue weighted by Gasteiger charge is 2.16. The number of ether oxygens (including phenoxy) is 3. The van der Waals surface area contributed by atoms with Gasteiger partial charge in [0.1, 0.15) is 6.29 Å². The van der Waals surface area contributed by atoms with Crippen molar-refractivity contribution in [2.24, 2.45) is 0 Å². The highest BCUT2D eigenvalue weighted by Crippen LogP contribution is 2.38. The first-order valence-corrected chi connectivity index (χ1v) is 5.57.